The minimum absolute atomic E-state index is 0.0827. The van der Waals surface area contributed by atoms with E-state index in [1.807, 2.05) is 0 Å². The lowest BCUT2D eigenvalue weighted by molar-refractivity contribution is -0.140. The molecule has 0 bridgehead atoms. The summed E-state index contributed by atoms with van der Waals surface area (Å²) in [5.74, 6) is -2.51. The summed E-state index contributed by atoms with van der Waals surface area (Å²) in [6.45, 7) is 6.17. The number of carbonyl (C=O) groups is 3. The van der Waals surface area contributed by atoms with Crippen LogP contribution < -0.4 is 15.4 Å². The molecule has 4 rings (SSSR count). The zero-order valence-electron chi connectivity index (χ0n) is 23.9. The predicted molar refractivity (Wildman–Crippen MR) is 153 cm³/mol. The number of carbonyl (C=O) groups excluding carboxylic acids is 2. The molecule has 2 aromatic carbocycles. The first-order valence-electron chi connectivity index (χ1n) is 13.4. The van der Waals surface area contributed by atoms with Crippen LogP contribution in [0.25, 0.3) is 22.3 Å². The number of alkyl carbamates (subject to hydrolysis) is 1. The third-order valence-electron chi connectivity index (χ3n) is 6.68. The van der Waals surface area contributed by atoms with E-state index in [4.69, 9.17) is 9.15 Å². The second-order valence-electron chi connectivity index (χ2n) is 11.3. The van der Waals surface area contributed by atoms with Crippen LogP contribution in [0.4, 0.5) is 9.18 Å². The smallest absolute Gasteiger partial charge is 0.408 e. The van der Waals surface area contributed by atoms with Gasteiger partial charge in [-0.25, -0.2) is 27.1 Å². The Bertz CT molecular complexity index is 1620. The normalized spacial score (nSPS) is 15.2. The van der Waals surface area contributed by atoms with E-state index in [0.29, 0.717) is 16.5 Å². The summed E-state index contributed by atoms with van der Waals surface area (Å²) >= 11 is 0. The number of rotatable bonds is 10. The second kappa shape index (κ2) is 11.7. The van der Waals surface area contributed by atoms with E-state index in [2.05, 4.69) is 15.4 Å². The Morgan fingerprint density at radius 2 is 1.79 bits per heavy atom. The van der Waals surface area contributed by atoms with Gasteiger partial charge >= 0.3 is 12.1 Å². The predicted octanol–water partition coefficient (Wildman–Crippen LogP) is 4.26. The highest BCUT2D eigenvalue weighted by atomic mass is 32.2. The third kappa shape index (κ3) is 7.26. The monoisotopic (exact) mass is 603 g/mol. The summed E-state index contributed by atoms with van der Waals surface area (Å²) in [5.41, 5.74) is 1.28. The molecule has 3 aromatic rings. The lowest BCUT2D eigenvalue weighted by Crippen LogP contribution is -2.55. The van der Waals surface area contributed by atoms with Crippen molar-refractivity contribution in [2.75, 3.05) is 7.05 Å². The van der Waals surface area contributed by atoms with E-state index in [0.717, 1.165) is 18.4 Å². The maximum Gasteiger partial charge on any atom is 0.408 e. The quantitative estimate of drug-likeness (QED) is 0.267. The molecule has 0 spiro atoms. The molecule has 13 heteroatoms. The van der Waals surface area contributed by atoms with Gasteiger partial charge in [0.25, 0.3) is 5.91 Å². The maximum atomic E-state index is 13.6. The Morgan fingerprint density at radius 3 is 2.33 bits per heavy atom. The number of carboxylic acid groups (broad SMARTS) is 1. The topological polar surface area (TPSA) is 164 Å². The van der Waals surface area contributed by atoms with Crippen LogP contribution in [0.3, 0.4) is 0 Å². The van der Waals surface area contributed by atoms with Gasteiger partial charge in [0, 0.05) is 18.0 Å². The molecule has 0 aliphatic heterocycles. The molecule has 1 heterocycles. The molecule has 0 radical (unpaired) electrons. The maximum absolute atomic E-state index is 13.6. The molecule has 2 unspecified atom stereocenters. The van der Waals surface area contributed by atoms with Gasteiger partial charge in [-0.2, -0.15) is 0 Å². The fourth-order valence-corrected chi connectivity index (χ4v) is 6.13. The van der Waals surface area contributed by atoms with Crippen molar-refractivity contribution in [2.45, 2.75) is 69.9 Å². The number of nitrogens with one attached hydrogen (secondary N) is 3. The fourth-order valence-electron chi connectivity index (χ4n) is 4.69. The van der Waals surface area contributed by atoms with E-state index in [-0.39, 0.29) is 22.8 Å². The van der Waals surface area contributed by atoms with E-state index in [1.165, 1.54) is 38.2 Å². The molecule has 11 nitrogen and oxygen atoms in total. The van der Waals surface area contributed by atoms with E-state index >= 15 is 0 Å². The standard InChI is InChI=1S/C29H34FN3O8S/c1-15(24(27(35)36)32-28(37)41-29(2,3)4)33-42(38,39)14-18-12-22-21(13-20(18)16-6-7-16)23(26(34)31-5)25(40-22)17-8-10-19(30)11-9-17/h8-13,15-16,24,33H,6-7,14H2,1-5H3,(H,31,34)(H,32,37)(H,35,36). The van der Waals surface area contributed by atoms with Crippen molar-refractivity contribution >= 4 is 39.0 Å². The number of benzene rings is 2. The molecule has 1 saturated carbocycles. The summed E-state index contributed by atoms with van der Waals surface area (Å²) < 4.78 is 53.7. The van der Waals surface area contributed by atoms with Crippen LogP contribution in [0.5, 0.6) is 0 Å². The summed E-state index contributed by atoms with van der Waals surface area (Å²) in [4.78, 5) is 37.0. The lowest BCUT2D eigenvalue weighted by Gasteiger charge is -2.25. The number of furan rings is 1. The van der Waals surface area contributed by atoms with Crippen LogP contribution in [0.1, 0.15) is 67.9 Å². The molecular formula is C29H34FN3O8S. The number of fused-ring (bicyclic) bond motifs is 1. The first kappa shape index (κ1) is 31.0. The summed E-state index contributed by atoms with van der Waals surface area (Å²) in [6, 6.07) is 5.98. The first-order chi connectivity index (χ1) is 19.6. The van der Waals surface area contributed by atoms with Crippen molar-refractivity contribution in [1.82, 2.24) is 15.4 Å². The Balaban J connectivity index is 1.67. The number of sulfonamides is 1. The van der Waals surface area contributed by atoms with Crippen molar-refractivity contribution in [3.05, 3.63) is 58.9 Å². The number of halogens is 1. The molecule has 0 saturated heterocycles. The first-order valence-corrected chi connectivity index (χ1v) is 15.0. The zero-order valence-corrected chi connectivity index (χ0v) is 24.7. The molecular weight excluding hydrogens is 569 g/mol. The molecule has 1 aliphatic rings. The number of aliphatic carboxylic acids is 1. The fraction of sp³-hybridized carbons (Fsp3) is 0.414. The van der Waals surface area contributed by atoms with Gasteiger partial charge in [-0.15, -0.1) is 0 Å². The van der Waals surface area contributed by atoms with Crippen LogP contribution in [0.15, 0.2) is 40.8 Å². The van der Waals surface area contributed by atoms with Crippen molar-refractivity contribution in [2.24, 2.45) is 0 Å². The Labute approximate surface area is 242 Å². The average molecular weight is 604 g/mol. The van der Waals surface area contributed by atoms with Gasteiger partial charge in [-0.3, -0.25) is 4.79 Å². The zero-order chi connectivity index (χ0) is 31.0. The SMILES string of the molecule is CNC(=O)c1c(-c2ccc(F)cc2)oc2cc(CS(=O)(=O)NC(C)C(NC(=O)OC(C)(C)C)C(=O)O)c(C3CC3)cc12. The van der Waals surface area contributed by atoms with Crippen molar-refractivity contribution in [1.29, 1.82) is 0 Å². The molecule has 1 aliphatic carbocycles. The largest absolute Gasteiger partial charge is 0.480 e. The summed E-state index contributed by atoms with van der Waals surface area (Å²) in [7, 11) is -2.65. The molecule has 2 amide bonds. The minimum Gasteiger partial charge on any atom is -0.480 e. The van der Waals surface area contributed by atoms with Gasteiger partial charge in [-0.05, 0) is 94.0 Å². The Hall–Kier alpha value is -3.97. The Kier molecular flexibility index (Phi) is 8.65. The van der Waals surface area contributed by atoms with Gasteiger partial charge in [0.1, 0.15) is 28.8 Å². The highest BCUT2D eigenvalue weighted by molar-refractivity contribution is 7.88. The number of hydrogen-bond acceptors (Lipinski definition) is 7. The van der Waals surface area contributed by atoms with Crippen molar-refractivity contribution in [3.8, 4) is 11.3 Å². The highest BCUT2D eigenvalue weighted by Gasteiger charge is 2.34. The number of ether oxygens (including phenoxy) is 1. The molecule has 226 valence electrons. The number of amides is 2. The lowest BCUT2D eigenvalue weighted by atomic mass is 9.98. The van der Waals surface area contributed by atoms with Crippen LogP contribution in [-0.2, 0) is 25.3 Å². The van der Waals surface area contributed by atoms with Crippen LogP contribution in [0.2, 0.25) is 0 Å². The van der Waals surface area contributed by atoms with Gasteiger partial charge in [0.2, 0.25) is 10.0 Å². The molecule has 1 aromatic heterocycles. The molecule has 42 heavy (non-hydrogen) atoms. The minimum atomic E-state index is -4.13. The average Bonchev–Trinajstić information content (AvgIpc) is 3.65. The van der Waals surface area contributed by atoms with E-state index in [1.54, 1.807) is 32.9 Å². The molecule has 2 atom stereocenters. The van der Waals surface area contributed by atoms with Crippen LogP contribution >= 0.6 is 0 Å². The van der Waals surface area contributed by atoms with Crippen molar-refractivity contribution < 1.29 is 41.5 Å². The number of hydrogen-bond donors (Lipinski definition) is 4. The van der Waals surface area contributed by atoms with Crippen LogP contribution in [0, 0.1) is 5.82 Å². The van der Waals surface area contributed by atoms with Gasteiger partial charge < -0.3 is 24.9 Å². The van der Waals surface area contributed by atoms with Gasteiger partial charge in [-0.1, -0.05) is 0 Å². The number of carboxylic acids is 1. The third-order valence-corrected chi connectivity index (χ3v) is 8.10. The van der Waals surface area contributed by atoms with Gasteiger partial charge in [0.15, 0.2) is 0 Å². The summed E-state index contributed by atoms with van der Waals surface area (Å²) in [5, 5.41) is 14.9. The van der Waals surface area contributed by atoms with E-state index < -0.39 is 57.2 Å². The Morgan fingerprint density at radius 1 is 1.14 bits per heavy atom. The van der Waals surface area contributed by atoms with Gasteiger partial charge in [0.05, 0.1) is 17.4 Å². The molecule has 4 N–H and O–H groups in total. The second-order valence-corrected chi connectivity index (χ2v) is 13.1. The van der Waals surface area contributed by atoms with Crippen LogP contribution in [-0.4, -0.2) is 56.2 Å². The van der Waals surface area contributed by atoms with E-state index in [9.17, 15) is 32.3 Å². The van der Waals surface area contributed by atoms with Crippen molar-refractivity contribution in [3.63, 3.8) is 0 Å². The summed E-state index contributed by atoms with van der Waals surface area (Å²) in [6.07, 6.45) is 0.673. The highest BCUT2D eigenvalue weighted by Crippen LogP contribution is 2.45. The molecule has 1 fully saturated rings.